The lowest BCUT2D eigenvalue weighted by atomic mass is 10.00. The first-order valence-electron chi connectivity index (χ1n) is 11.9. The van der Waals surface area contributed by atoms with Crippen molar-refractivity contribution in [1.29, 1.82) is 0 Å². The number of para-hydroxylation sites is 1. The van der Waals surface area contributed by atoms with Gasteiger partial charge in [0.15, 0.2) is 0 Å². The topological polar surface area (TPSA) is 107 Å². The lowest BCUT2D eigenvalue weighted by Crippen LogP contribution is -2.29. The van der Waals surface area contributed by atoms with E-state index >= 15 is 0 Å². The van der Waals surface area contributed by atoms with Crippen molar-refractivity contribution in [3.63, 3.8) is 0 Å². The number of urea groups is 1. The maximum absolute atomic E-state index is 13.3. The Kier molecular flexibility index (Phi) is 5.36. The third-order valence-electron chi connectivity index (χ3n) is 6.67. The molecule has 4 heterocycles. The minimum Gasteiger partial charge on any atom is -0.345 e. The van der Waals surface area contributed by atoms with Crippen LogP contribution in [-0.2, 0) is 4.79 Å². The Labute approximate surface area is 201 Å². The van der Waals surface area contributed by atoms with Gasteiger partial charge in [0.05, 0.1) is 22.9 Å². The Hall–Kier alpha value is -4.27. The van der Waals surface area contributed by atoms with E-state index in [-0.39, 0.29) is 11.9 Å². The van der Waals surface area contributed by atoms with E-state index in [2.05, 4.69) is 20.3 Å². The van der Waals surface area contributed by atoms with Gasteiger partial charge in [-0.05, 0) is 48.7 Å². The molecule has 9 nitrogen and oxygen atoms in total. The number of likely N-dealkylation sites (tertiary alicyclic amines) is 1. The summed E-state index contributed by atoms with van der Waals surface area (Å²) in [5.74, 6) is 0.814. The van der Waals surface area contributed by atoms with Crippen LogP contribution in [0.5, 0.6) is 0 Å². The van der Waals surface area contributed by atoms with Crippen molar-refractivity contribution in [1.82, 2.24) is 25.2 Å². The van der Waals surface area contributed by atoms with Gasteiger partial charge in [-0.25, -0.2) is 9.78 Å². The summed E-state index contributed by atoms with van der Waals surface area (Å²) in [7, 11) is 0. The van der Waals surface area contributed by atoms with Gasteiger partial charge < -0.3 is 9.88 Å². The van der Waals surface area contributed by atoms with E-state index in [1.54, 1.807) is 17.4 Å². The smallest absolute Gasteiger partial charge is 0.328 e. The van der Waals surface area contributed by atoms with E-state index in [0.29, 0.717) is 25.3 Å². The van der Waals surface area contributed by atoms with Gasteiger partial charge in [-0.1, -0.05) is 18.2 Å². The molecule has 2 N–H and O–H groups in total. The number of fused-ring (bicyclic) bond motifs is 2. The molecule has 2 saturated heterocycles. The highest BCUT2D eigenvalue weighted by atomic mass is 16.2. The molecule has 2 aromatic heterocycles. The average molecular weight is 468 g/mol. The van der Waals surface area contributed by atoms with Crippen molar-refractivity contribution < 1.29 is 9.59 Å². The number of H-pyrrole nitrogens is 1. The van der Waals surface area contributed by atoms with Crippen molar-refractivity contribution in [2.75, 3.05) is 24.5 Å². The summed E-state index contributed by atoms with van der Waals surface area (Å²) in [6.45, 7) is 2.03. The SMILES string of the molecule is O=C1CCCN1CCC/N=C1\NC(=O)N(c2ccc3[nH]cnc3c2)C1c1ccnc2ccccc12. The number of pyridine rings is 1. The second kappa shape index (κ2) is 8.83. The summed E-state index contributed by atoms with van der Waals surface area (Å²) in [5, 5.41) is 3.97. The first kappa shape index (κ1) is 21.3. The van der Waals surface area contributed by atoms with Gasteiger partial charge in [-0.15, -0.1) is 0 Å². The molecule has 0 saturated carbocycles. The number of nitrogens with zero attached hydrogens (tertiary/aromatic N) is 5. The van der Waals surface area contributed by atoms with Crippen molar-refractivity contribution in [3.05, 3.63) is 66.6 Å². The number of anilines is 1. The third-order valence-corrected chi connectivity index (χ3v) is 6.67. The molecule has 0 spiro atoms. The molecule has 0 aliphatic carbocycles. The van der Waals surface area contributed by atoms with E-state index in [9.17, 15) is 9.59 Å². The second-order valence-electron chi connectivity index (χ2n) is 8.83. The van der Waals surface area contributed by atoms with E-state index in [1.165, 1.54) is 0 Å². The zero-order valence-corrected chi connectivity index (χ0v) is 19.1. The highest BCUT2D eigenvalue weighted by Gasteiger charge is 2.39. The number of aromatic nitrogens is 3. The summed E-state index contributed by atoms with van der Waals surface area (Å²) >= 11 is 0. The van der Waals surface area contributed by atoms with Crippen LogP contribution in [-0.4, -0.2) is 57.3 Å². The number of benzene rings is 2. The van der Waals surface area contributed by atoms with Gasteiger partial charge in [-0.3, -0.25) is 25.0 Å². The average Bonchev–Trinajstić information content (AvgIpc) is 3.59. The predicted octanol–water partition coefficient (Wildman–Crippen LogP) is 3.79. The minimum absolute atomic E-state index is 0.216. The molecule has 2 aromatic carbocycles. The number of amidine groups is 1. The van der Waals surface area contributed by atoms with Crippen LogP contribution in [0.3, 0.4) is 0 Å². The lowest BCUT2D eigenvalue weighted by molar-refractivity contribution is -0.127. The van der Waals surface area contributed by atoms with E-state index < -0.39 is 6.04 Å². The molecular formula is C26H25N7O2. The molecule has 176 valence electrons. The normalized spacial score (nSPS) is 19.4. The van der Waals surface area contributed by atoms with Crippen LogP contribution in [0.4, 0.5) is 10.5 Å². The molecule has 2 fully saturated rings. The Morgan fingerprint density at radius 2 is 1.97 bits per heavy atom. The fraction of sp³-hybridized carbons (Fsp3) is 0.269. The summed E-state index contributed by atoms with van der Waals surface area (Å²) in [6.07, 6.45) is 5.72. The number of carbonyl (C=O) groups is 2. The fourth-order valence-electron chi connectivity index (χ4n) is 4.98. The Balaban J connectivity index is 1.37. The minimum atomic E-state index is -0.430. The number of hydrogen-bond donors (Lipinski definition) is 2. The van der Waals surface area contributed by atoms with Gasteiger partial charge >= 0.3 is 6.03 Å². The van der Waals surface area contributed by atoms with Crippen molar-refractivity contribution >= 4 is 45.4 Å². The van der Waals surface area contributed by atoms with Crippen LogP contribution in [0.2, 0.25) is 0 Å². The number of nitrogens with one attached hydrogen (secondary N) is 2. The summed E-state index contributed by atoms with van der Waals surface area (Å²) < 4.78 is 0. The molecule has 35 heavy (non-hydrogen) atoms. The standard InChI is InChI=1S/C26H25N7O2/c34-23-7-3-13-32(23)14-4-11-28-25-24(19-10-12-27-20-6-2-1-5-18(19)20)33(26(35)31-25)17-8-9-21-22(15-17)30-16-29-21/h1-2,5-6,8-10,12,15-16,24H,3-4,7,11,13-14H2,(H,29,30)(H,28,31,35). The Morgan fingerprint density at radius 1 is 1.06 bits per heavy atom. The maximum atomic E-state index is 13.3. The fourth-order valence-corrected chi connectivity index (χ4v) is 4.98. The van der Waals surface area contributed by atoms with Crippen LogP contribution in [0.1, 0.15) is 30.9 Å². The van der Waals surface area contributed by atoms with Gasteiger partial charge in [0, 0.05) is 43.3 Å². The second-order valence-corrected chi connectivity index (χ2v) is 8.83. The molecule has 0 bridgehead atoms. The van der Waals surface area contributed by atoms with Crippen LogP contribution >= 0.6 is 0 Å². The first-order chi connectivity index (χ1) is 17.2. The molecule has 2 aliphatic rings. The molecule has 0 radical (unpaired) electrons. The molecule has 4 aromatic rings. The molecule has 9 heteroatoms. The number of rotatable bonds is 6. The monoisotopic (exact) mass is 467 g/mol. The van der Waals surface area contributed by atoms with Crippen molar-refractivity contribution in [3.8, 4) is 0 Å². The molecule has 2 aliphatic heterocycles. The number of aliphatic imine (C=N–C) groups is 1. The Morgan fingerprint density at radius 3 is 2.86 bits per heavy atom. The van der Waals surface area contributed by atoms with Crippen LogP contribution in [0.15, 0.2) is 66.0 Å². The lowest BCUT2D eigenvalue weighted by Gasteiger charge is -2.24. The van der Waals surface area contributed by atoms with Gasteiger partial charge in [0.25, 0.3) is 0 Å². The van der Waals surface area contributed by atoms with E-state index in [4.69, 9.17) is 4.99 Å². The van der Waals surface area contributed by atoms with E-state index in [1.807, 2.05) is 53.4 Å². The zero-order valence-electron chi connectivity index (χ0n) is 19.1. The quantitative estimate of drug-likeness (QED) is 0.421. The van der Waals surface area contributed by atoms with Crippen molar-refractivity contribution in [2.24, 2.45) is 4.99 Å². The molecular weight excluding hydrogens is 442 g/mol. The molecule has 1 atom stereocenters. The summed E-state index contributed by atoms with van der Waals surface area (Å²) in [5.41, 5.74) is 4.24. The van der Waals surface area contributed by atoms with Gasteiger partial charge in [0.2, 0.25) is 5.91 Å². The highest BCUT2D eigenvalue weighted by Crippen LogP contribution is 2.36. The highest BCUT2D eigenvalue weighted by molar-refractivity contribution is 6.17. The first-order valence-corrected chi connectivity index (χ1v) is 11.9. The maximum Gasteiger partial charge on any atom is 0.328 e. The zero-order chi connectivity index (χ0) is 23.8. The van der Waals surface area contributed by atoms with Crippen LogP contribution < -0.4 is 10.2 Å². The number of amides is 3. The van der Waals surface area contributed by atoms with E-state index in [0.717, 1.165) is 52.6 Å². The van der Waals surface area contributed by atoms with Gasteiger partial charge in [0.1, 0.15) is 11.9 Å². The number of aromatic amines is 1. The molecule has 1 unspecified atom stereocenters. The predicted molar refractivity (Wildman–Crippen MR) is 134 cm³/mol. The van der Waals surface area contributed by atoms with Crippen LogP contribution in [0, 0.1) is 0 Å². The largest absolute Gasteiger partial charge is 0.345 e. The molecule has 3 amide bonds. The van der Waals surface area contributed by atoms with Crippen LogP contribution in [0.25, 0.3) is 21.9 Å². The third kappa shape index (κ3) is 3.88. The molecule has 6 rings (SSSR count). The van der Waals surface area contributed by atoms with Gasteiger partial charge in [-0.2, -0.15) is 0 Å². The Bertz CT molecular complexity index is 1460. The van der Waals surface area contributed by atoms with Crippen molar-refractivity contribution in [2.45, 2.75) is 25.3 Å². The summed E-state index contributed by atoms with van der Waals surface area (Å²) in [6, 6.07) is 14.9. The number of imidazole rings is 1. The number of hydrogen-bond acceptors (Lipinski definition) is 5. The summed E-state index contributed by atoms with van der Waals surface area (Å²) in [4.78, 5) is 45.6. The number of carbonyl (C=O) groups excluding carboxylic acids is 2.